The molecule has 2 aromatic carbocycles. The van der Waals surface area contributed by atoms with E-state index < -0.39 is 16.6 Å². The summed E-state index contributed by atoms with van der Waals surface area (Å²) < 4.78 is 27.7. The van der Waals surface area contributed by atoms with Crippen LogP contribution in [0.2, 0.25) is 5.02 Å². The highest BCUT2D eigenvalue weighted by Crippen LogP contribution is 2.25. The van der Waals surface area contributed by atoms with Gasteiger partial charge in [0.2, 0.25) is 15.8 Å². The summed E-state index contributed by atoms with van der Waals surface area (Å²) in [5.74, 6) is -0.437. The third kappa shape index (κ3) is 5.06. The highest BCUT2D eigenvalue weighted by molar-refractivity contribution is 7.92. The van der Waals surface area contributed by atoms with Gasteiger partial charge in [0.15, 0.2) is 0 Å². The van der Waals surface area contributed by atoms with Gasteiger partial charge in [-0.05, 0) is 29.8 Å². The first kappa shape index (κ1) is 21.1. The number of anilines is 1. The normalized spacial score (nSPS) is 11.4. The minimum Gasteiger partial charge on any atom is -0.395 e. The third-order valence-electron chi connectivity index (χ3n) is 4.55. The van der Waals surface area contributed by atoms with E-state index in [2.05, 4.69) is 4.72 Å². The van der Waals surface area contributed by atoms with Crippen molar-refractivity contribution in [2.75, 3.05) is 17.1 Å². The maximum atomic E-state index is 12.7. The summed E-state index contributed by atoms with van der Waals surface area (Å²) >= 11 is 6.34. The molecule has 0 aliphatic carbocycles. The summed E-state index contributed by atoms with van der Waals surface area (Å²) in [6.07, 6.45) is 0.487. The van der Waals surface area contributed by atoms with Crippen molar-refractivity contribution in [1.29, 1.82) is 0 Å². The van der Waals surface area contributed by atoms with Crippen molar-refractivity contribution < 1.29 is 18.3 Å². The second kappa shape index (κ2) is 8.82. The Bertz CT molecular complexity index is 1120. The van der Waals surface area contributed by atoms with Crippen LogP contribution in [0.5, 0.6) is 0 Å². The number of aliphatic hydroxyl groups is 1. The van der Waals surface area contributed by atoms with Crippen LogP contribution in [0, 0.1) is 0 Å². The maximum Gasteiger partial charge on any atom is 0.234 e. The van der Waals surface area contributed by atoms with Gasteiger partial charge in [-0.15, -0.1) is 0 Å². The molecule has 0 aliphatic rings. The molecule has 3 rings (SSSR count). The van der Waals surface area contributed by atoms with Crippen molar-refractivity contribution >= 4 is 33.1 Å². The Morgan fingerprint density at radius 1 is 1.10 bits per heavy atom. The number of ketones is 1. The van der Waals surface area contributed by atoms with E-state index in [0.717, 1.165) is 11.3 Å². The zero-order valence-electron chi connectivity index (χ0n) is 15.8. The molecule has 1 heterocycles. The number of sulfonamides is 1. The van der Waals surface area contributed by atoms with Gasteiger partial charge in [0, 0.05) is 35.4 Å². The van der Waals surface area contributed by atoms with Gasteiger partial charge in [0.1, 0.15) is 0 Å². The molecule has 6 nitrogen and oxygen atoms in total. The predicted molar refractivity (Wildman–Crippen MR) is 114 cm³/mol. The fourth-order valence-corrected chi connectivity index (χ4v) is 4.07. The van der Waals surface area contributed by atoms with Crippen LogP contribution in [0.15, 0.2) is 60.7 Å². The Kier molecular flexibility index (Phi) is 6.42. The van der Waals surface area contributed by atoms with Crippen LogP contribution in [-0.4, -0.2) is 36.2 Å². The molecule has 0 unspecified atom stereocenters. The second-order valence-electron chi connectivity index (χ2n) is 6.59. The molecule has 29 heavy (non-hydrogen) atoms. The van der Waals surface area contributed by atoms with E-state index in [-0.39, 0.29) is 11.5 Å². The van der Waals surface area contributed by atoms with Crippen molar-refractivity contribution in [3.05, 3.63) is 88.2 Å². The zero-order valence-corrected chi connectivity index (χ0v) is 17.4. The highest BCUT2D eigenvalue weighted by atomic mass is 35.5. The standard InChI is InChI=1S/C21H21ClN2O4S/c1-24-18(9-10-20(24)21(26)15-5-3-2-4-6-15)13-16-7-8-17(14-19(16)22)23-29(27,28)12-11-25/h2-10,14,23,25H,11-13H2,1H3. The zero-order chi connectivity index (χ0) is 21.0. The number of hydrogen-bond acceptors (Lipinski definition) is 4. The average Bonchev–Trinajstić information content (AvgIpc) is 3.04. The van der Waals surface area contributed by atoms with E-state index in [1.165, 1.54) is 6.07 Å². The summed E-state index contributed by atoms with van der Waals surface area (Å²) in [5.41, 5.74) is 3.24. The molecule has 0 bridgehead atoms. The SMILES string of the molecule is Cn1c(Cc2ccc(NS(=O)(=O)CCO)cc2Cl)ccc1C(=O)c1ccccc1. The molecular formula is C21H21ClN2O4S. The number of carbonyl (C=O) groups is 1. The van der Waals surface area contributed by atoms with Crippen molar-refractivity contribution in [1.82, 2.24) is 4.57 Å². The Morgan fingerprint density at radius 2 is 1.83 bits per heavy atom. The van der Waals surface area contributed by atoms with Gasteiger partial charge in [-0.25, -0.2) is 8.42 Å². The van der Waals surface area contributed by atoms with Gasteiger partial charge in [0.05, 0.1) is 18.1 Å². The van der Waals surface area contributed by atoms with E-state index in [4.69, 9.17) is 16.7 Å². The lowest BCUT2D eigenvalue weighted by Crippen LogP contribution is -2.18. The Morgan fingerprint density at radius 3 is 2.48 bits per heavy atom. The maximum absolute atomic E-state index is 12.7. The fourth-order valence-electron chi connectivity index (χ4n) is 3.00. The van der Waals surface area contributed by atoms with Gasteiger partial charge in [-0.2, -0.15) is 0 Å². The lowest BCUT2D eigenvalue weighted by Gasteiger charge is -2.11. The van der Waals surface area contributed by atoms with Crippen molar-refractivity contribution in [2.24, 2.45) is 7.05 Å². The van der Waals surface area contributed by atoms with Gasteiger partial charge in [0.25, 0.3) is 0 Å². The first-order chi connectivity index (χ1) is 13.8. The summed E-state index contributed by atoms with van der Waals surface area (Å²) in [7, 11) is -1.78. The number of aliphatic hydroxyl groups excluding tert-OH is 1. The first-order valence-corrected chi connectivity index (χ1v) is 11.0. The van der Waals surface area contributed by atoms with E-state index in [9.17, 15) is 13.2 Å². The van der Waals surface area contributed by atoms with Crippen LogP contribution in [0.25, 0.3) is 0 Å². The molecule has 0 spiro atoms. The van der Waals surface area contributed by atoms with Crippen molar-refractivity contribution in [3.63, 3.8) is 0 Å². The molecule has 0 amide bonds. The summed E-state index contributed by atoms with van der Waals surface area (Å²) in [5, 5.41) is 9.22. The minimum absolute atomic E-state index is 0.0564. The molecule has 0 aliphatic heterocycles. The van der Waals surface area contributed by atoms with Crippen molar-refractivity contribution in [2.45, 2.75) is 6.42 Å². The molecule has 0 radical (unpaired) electrons. The number of nitrogens with one attached hydrogen (secondary N) is 1. The van der Waals surface area contributed by atoms with Crippen molar-refractivity contribution in [3.8, 4) is 0 Å². The molecule has 0 saturated carbocycles. The molecular weight excluding hydrogens is 412 g/mol. The first-order valence-electron chi connectivity index (χ1n) is 8.95. The lowest BCUT2D eigenvalue weighted by molar-refractivity contribution is 0.103. The Labute approximate surface area is 174 Å². The molecule has 1 aromatic heterocycles. The van der Waals surface area contributed by atoms with Crippen LogP contribution < -0.4 is 4.72 Å². The molecule has 0 saturated heterocycles. The summed E-state index contributed by atoms with van der Waals surface area (Å²) in [6.45, 7) is -0.460. The molecule has 3 aromatic rings. The smallest absolute Gasteiger partial charge is 0.234 e. The number of hydrogen-bond donors (Lipinski definition) is 2. The van der Waals surface area contributed by atoms with Gasteiger partial charge in [-0.3, -0.25) is 9.52 Å². The minimum atomic E-state index is -3.61. The fraction of sp³-hybridized carbons (Fsp3) is 0.190. The van der Waals surface area contributed by atoms with Gasteiger partial charge >= 0.3 is 0 Å². The van der Waals surface area contributed by atoms with Gasteiger partial charge in [-0.1, -0.05) is 48.0 Å². The van der Waals surface area contributed by atoms with E-state index in [1.807, 2.05) is 35.9 Å². The summed E-state index contributed by atoms with van der Waals surface area (Å²) in [6, 6.07) is 17.6. The van der Waals surface area contributed by atoms with Crippen LogP contribution in [-0.2, 0) is 23.5 Å². The largest absolute Gasteiger partial charge is 0.395 e. The van der Waals surface area contributed by atoms with E-state index in [0.29, 0.717) is 28.4 Å². The number of nitrogens with zero attached hydrogens (tertiary/aromatic N) is 1. The molecule has 2 N–H and O–H groups in total. The molecule has 152 valence electrons. The monoisotopic (exact) mass is 432 g/mol. The predicted octanol–water partition coefficient (Wildman–Crippen LogP) is 3.23. The third-order valence-corrected chi connectivity index (χ3v) is 6.17. The Hall–Kier alpha value is -2.61. The molecule has 0 fully saturated rings. The number of benzene rings is 2. The highest BCUT2D eigenvalue weighted by Gasteiger charge is 2.16. The molecule has 8 heteroatoms. The lowest BCUT2D eigenvalue weighted by atomic mass is 10.1. The Balaban J connectivity index is 1.79. The van der Waals surface area contributed by atoms with E-state index >= 15 is 0 Å². The molecule has 0 atom stereocenters. The van der Waals surface area contributed by atoms with Crippen LogP contribution >= 0.6 is 11.6 Å². The van der Waals surface area contributed by atoms with Gasteiger partial charge < -0.3 is 9.67 Å². The summed E-state index contributed by atoms with van der Waals surface area (Å²) in [4.78, 5) is 12.7. The van der Waals surface area contributed by atoms with Crippen LogP contribution in [0.1, 0.15) is 27.3 Å². The number of aromatic nitrogens is 1. The quantitative estimate of drug-likeness (QED) is 0.535. The number of carbonyl (C=O) groups excluding carboxylic acids is 1. The number of halogens is 1. The topological polar surface area (TPSA) is 88.4 Å². The van der Waals surface area contributed by atoms with E-state index in [1.54, 1.807) is 30.3 Å². The van der Waals surface area contributed by atoms with Crippen LogP contribution in [0.4, 0.5) is 5.69 Å². The second-order valence-corrected chi connectivity index (χ2v) is 8.84. The number of rotatable bonds is 8. The average molecular weight is 433 g/mol. The van der Waals surface area contributed by atoms with Crippen LogP contribution in [0.3, 0.4) is 0 Å².